The second-order valence-corrected chi connectivity index (χ2v) is 7.48. The van der Waals surface area contributed by atoms with Gasteiger partial charge < -0.3 is 4.74 Å². The molecule has 118 valence electrons. The van der Waals surface area contributed by atoms with Crippen molar-refractivity contribution in [2.45, 2.75) is 19.4 Å². The van der Waals surface area contributed by atoms with E-state index < -0.39 is 10.2 Å². The summed E-state index contributed by atoms with van der Waals surface area (Å²) in [5.74, 6) is 0.283. The number of nitrogens with zero attached hydrogens (tertiary/aromatic N) is 3. The van der Waals surface area contributed by atoms with Crippen LogP contribution in [0.15, 0.2) is 24.5 Å². The highest BCUT2D eigenvalue weighted by Crippen LogP contribution is 2.21. The van der Waals surface area contributed by atoms with Gasteiger partial charge in [0.05, 0.1) is 6.61 Å². The molecule has 0 N–H and O–H groups in total. The normalized spacial score (nSPS) is 20.8. The SMILES string of the molecule is COCC1CCCN(S(=O)(=O)N(C)Cc2cccnc2)C1. The number of ether oxygens (including phenoxy) is 1. The minimum absolute atomic E-state index is 0.283. The zero-order chi connectivity index (χ0) is 15.3. The van der Waals surface area contributed by atoms with Crippen LogP contribution in [0.2, 0.25) is 0 Å². The van der Waals surface area contributed by atoms with Crippen molar-refractivity contribution < 1.29 is 13.2 Å². The van der Waals surface area contributed by atoms with E-state index in [0.717, 1.165) is 18.4 Å². The average molecular weight is 313 g/mol. The Labute approximate surface area is 126 Å². The molecule has 2 heterocycles. The molecule has 0 saturated carbocycles. The van der Waals surface area contributed by atoms with Crippen LogP contribution in [0.25, 0.3) is 0 Å². The van der Waals surface area contributed by atoms with Crippen molar-refractivity contribution in [3.63, 3.8) is 0 Å². The van der Waals surface area contributed by atoms with E-state index in [1.54, 1.807) is 30.9 Å². The number of aromatic nitrogens is 1. The molecule has 0 amide bonds. The Morgan fingerprint density at radius 2 is 2.33 bits per heavy atom. The first kappa shape index (κ1) is 16.4. The van der Waals surface area contributed by atoms with Crippen molar-refractivity contribution >= 4 is 10.2 Å². The Hall–Kier alpha value is -1.02. The molecule has 1 aromatic heterocycles. The molecule has 1 fully saturated rings. The highest BCUT2D eigenvalue weighted by Gasteiger charge is 2.31. The van der Waals surface area contributed by atoms with Crippen molar-refractivity contribution in [3.8, 4) is 0 Å². The van der Waals surface area contributed by atoms with E-state index in [1.165, 1.54) is 4.31 Å². The van der Waals surface area contributed by atoms with E-state index in [-0.39, 0.29) is 5.92 Å². The van der Waals surface area contributed by atoms with Gasteiger partial charge in [0.25, 0.3) is 10.2 Å². The van der Waals surface area contributed by atoms with Crippen LogP contribution in [0.5, 0.6) is 0 Å². The van der Waals surface area contributed by atoms with E-state index in [1.807, 2.05) is 12.1 Å². The molecular formula is C14H23N3O3S. The lowest BCUT2D eigenvalue weighted by atomic mass is 10.0. The summed E-state index contributed by atoms with van der Waals surface area (Å²) < 4.78 is 33.4. The van der Waals surface area contributed by atoms with Crippen LogP contribution in [0.3, 0.4) is 0 Å². The molecule has 6 nitrogen and oxygen atoms in total. The molecule has 0 aliphatic carbocycles. The third-order valence-electron chi connectivity index (χ3n) is 3.73. The minimum atomic E-state index is -3.43. The molecule has 1 aliphatic heterocycles. The fraction of sp³-hybridized carbons (Fsp3) is 0.643. The van der Waals surface area contributed by atoms with Gasteiger partial charge in [-0.05, 0) is 30.4 Å². The molecular weight excluding hydrogens is 290 g/mol. The van der Waals surface area contributed by atoms with E-state index in [2.05, 4.69) is 4.98 Å². The summed E-state index contributed by atoms with van der Waals surface area (Å²) in [6.07, 6.45) is 5.27. The topological polar surface area (TPSA) is 62.7 Å². The number of pyridine rings is 1. The van der Waals surface area contributed by atoms with Crippen molar-refractivity contribution in [1.29, 1.82) is 0 Å². The quantitative estimate of drug-likeness (QED) is 0.789. The molecule has 1 aliphatic rings. The van der Waals surface area contributed by atoms with Gasteiger partial charge >= 0.3 is 0 Å². The fourth-order valence-electron chi connectivity index (χ4n) is 2.64. The van der Waals surface area contributed by atoms with Crippen molar-refractivity contribution in [3.05, 3.63) is 30.1 Å². The second kappa shape index (κ2) is 7.31. The van der Waals surface area contributed by atoms with E-state index in [9.17, 15) is 8.42 Å². The first-order valence-electron chi connectivity index (χ1n) is 7.13. The summed E-state index contributed by atoms with van der Waals surface area (Å²) in [5.41, 5.74) is 0.883. The van der Waals surface area contributed by atoms with Crippen LogP contribution in [-0.2, 0) is 21.5 Å². The van der Waals surface area contributed by atoms with Gasteiger partial charge in [0.2, 0.25) is 0 Å². The highest BCUT2D eigenvalue weighted by atomic mass is 32.2. The summed E-state index contributed by atoms with van der Waals surface area (Å²) in [6.45, 7) is 2.06. The smallest absolute Gasteiger partial charge is 0.282 e. The van der Waals surface area contributed by atoms with E-state index in [0.29, 0.717) is 26.2 Å². The number of rotatable bonds is 6. The maximum absolute atomic E-state index is 12.6. The van der Waals surface area contributed by atoms with Gasteiger partial charge in [0, 0.05) is 46.2 Å². The average Bonchev–Trinajstić information content (AvgIpc) is 2.49. The van der Waals surface area contributed by atoms with Gasteiger partial charge in [-0.15, -0.1) is 0 Å². The monoisotopic (exact) mass is 313 g/mol. The lowest BCUT2D eigenvalue weighted by Crippen LogP contribution is -2.47. The largest absolute Gasteiger partial charge is 0.384 e. The van der Waals surface area contributed by atoms with Crippen LogP contribution < -0.4 is 0 Å². The number of hydrogen-bond donors (Lipinski definition) is 0. The first-order chi connectivity index (χ1) is 10.0. The molecule has 0 aromatic carbocycles. The van der Waals surface area contributed by atoms with Gasteiger partial charge in [-0.3, -0.25) is 4.98 Å². The van der Waals surface area contributed by atoms with Crippen molar-refractivity contribution in [1.82, 2.24) is 13.6 Å². The maximum Gasteiger partial charge on any atom is 0.282 e. The predicted molar refractivity (Wildman–Crippen MR) is 80.8 cm³/mol. The molecule has 7 heteroatoms. The van der Waals surface area contributed by atoms with Crippen LogP contribution >= 0.6 is 0 Å². The molecule has 1 unspecified atom stereocenters. The molecule has 0 spiro atoms. The second-order valence-electron chi connectivity index (χ2n) is 5.45. The third-order valence-corrected chi connectivity index (χ3v) is 5.63. The van der Waals surface area contributed by atoms with E-state index >= 15 is 0 Å². The Bertz CT molecular complexity index is 534. The van der Waals surface area contributed by atoms with Crippen molar-refractivity contribution in [2.24, 2.45) is 5.92 Å². The van der Waals surface area contributed by atoms with Crippen LogP contribution in [0.1, 0.15) is 18.4 Å². The number of piperidine rings is 1. The fourth-order valence-corrected chi connectivity index (χ4v) is 4.10. The lowest BCUT2D eigenvalue weighted by Gasteiger charge is -2.34. The summed E-state index contributed by atoms with van der Waals surface area (Å²) in [6, 6.07) is 3.69. The van der Waals surface area contributed by atoms with Gasteiger partial charge in [0.1, 0.15) is 0 Å². The van der Waals surface area contributed by atoms with Crippen LogP contribution in [0.4, 0.5) is 0 Å². The summed E-state index contributed by atoms with van der Waals surface area (Å²) in [5, 5.41) is 0. The maximum atomic E-state index is 12.6. The van der Waals surface area contributed by atoms with Crippen LogP contribution in [-0.4, -0.2) is 55.9 Å². The number of hydrogen-bond acceptors (Lipinski definition) is 4. The molecule has 0 bridgehead atoms. The Morgan fingerprint density at radius 1 is 1.52 bits per heavy atom. The highest BCUT2D eigenvalue weighted by molar-refractivity contribution is 7.86. The molecule has 0 radical (unpaired) electrons. The van der Waals surface area contributed by atoms with Gasteiger partial charge in [-0.1, -0.05) is 6.07 Å². The third kappa shape index (κ3) is 4.23. The van der Waals surface area contributed by atoms with Crippen LogP contribution in [0, 0.1) is 5.92 Å². The summed E-state index contributed by atoms with van der Waals surface area (Å²) in [4.78, 5) is 4.02. The van der Waals surface area contributed by atoms with E-state index in [4.69, 9.17) is 4.74 Å². The molecule has 1 saturated heterocycles. The summed E-state index contributed by atoms with van der Waals surface area (Å²) >= 11 is 0. The Kier molecular flexibility index (Phi) is 5.69. The summed E-state index contributed by atoms with van der Waals surface area (Å²) in [7, 11) is -0.160. The first-order valence-corrected chi connectivity index (χ1v) is 8.53. The van der Waals surface area contributed by atoms with Gasteiger partial charge in [-0.25, -0.2) is 0 Å². The molecule has 2 rings (SSSR count). The Morgan fingerprint density at radius 3 is 3.00 bits per heavy atom. The van der Waals surface area contributed by atoms with Crippen molar-refractivity contribution in [2.75, 3.05) is 33.9 Å². The zero-order valence-corrected chi connectivity index (χ0v) is 13.4. The van der Waals surface area contributed by atoms with Gasteiger partial charge in [0.15, 0.2) is 0 Å². The predicted octanol–water partition coefficient (Wildman–Crippen LogP) is 1.12. The number of methoxy groups -OCH3 is 1. The molecule has 21 heavy (non-hydrogen) atoms. The van der Waals surface area contributed by atoms with Gasteiger partial charge in [-0.2, -0.15) is 17.0 Å². The zero-order valence-electron chi connectivity index (χ0n) is 12.6. The lowest BCUT2D eigenvalue weighted by molar-refractivity contribution is 0.116. The minimum Gasteiger partial charge on any atom is -0.384 e. The molecule has 1 atom stereocenters. The standard InChI is InChI=1S/C14H23N3O3S/c1-16(10-13-5-3-7-15-9-13)21(18,19)17-8-4-6-14(11-17)12-20-2/h3,5,7,9,14H,4,6,8,10-12H2,1-2H3. The Balaban J connectivity index is 2.02. The molecule has 1 aromatic rings.